The highest BCUT2D eigenvalue weighted by Crippen LogP contribution is 2.31. The summed E-state index contributed by atoms with van der Waals surface area (Å²) in [4.78, 5) is 27.2. The van der Waals surface area contributed by atoms with E-state index in [9.17, 15) is 4.79 Å². The number of amides is 1. The zero-order chi connectivity index (χ0) is 17.2. The van der Waals surface area contributed by atoms with E-state index in [4.69, 9.17) is 16.3 Å². The number of ether oxygens (including phenoxy) is 1. The van der Waals surface area contributed by atoms with Crippen molar-refractivity contribution in [1.82, 2.24) is 15.0 Å². The molecule has 0 spiro atoms. The molecule has 2 aromatic heterocycles. The minimum atomic E-state index is -0.290. The molecule has 1 aliphatic rings. The SMILES string of the molecule is O=C(c1ncncc1Cl)N(CC1CCCO1)c1nc2ccccc2s1. The first-order valence-corrected chi connectivity index (χ1v) is 9.16. The van der Waals surface area contributed by atoms with Crippen LogP contribution in [-0.4, -0.2) is 40.1 Å². The Balaban J connectivity index is 1.72. The van der Waals surface area contributed by atoms with Gasteiger partial charge in [0.15, 0.2) is 10.8 Å². The molecule has 25 heavy (non-hydrogen) atoms. The fourth-order valence-corrected chi connectivity index (χ4v) is 3.97. The Morgan fingerprint density at radius 2 is 2.28 bits per heavy atom. The molecule has 1 aromatic carbocycles. The number of thiazole rings is 1. The standard InChI is InChI=1S/C17H15ClN4O2S/c18-12-8-19-10-20-15(12)16(23)22(9-11-4-3-7-24-11)17-21-13-5-1-2-6-14(13)25-17/h1-2,5-6,8,10-11H,3-4,7,9H2. The van der Waals surface area contributed by atoms with Gasteiger partial charge in [-0.3, -0.25) is 9.69 Å². The maximum atomic E-state index is 13.1. The van der Waals surface area contributed by atoms with Crippen LogP contribution in [-0.2, 0) is 4.74 Å². The molecule has 3 aromatic rings. The average Bonchev–Trinajstić information content (AvgIpc) is 3.28. The maximum absolute atomic E-state index is 13.1. The smallest absolute Gasteiger partial charge is 0.280 e. The van der Waals surface area contributed by atoms with Gasteiger partial charge < -0.3 is 4.74 Å². The van der Waals surface area contributed by atoms with E-state index in [1.807, 2.05) is 24.3 Å². The van der Waals surface area contributed by atoms with Gasteiger partial charge in [-0.1, -0.05) is 35.1 Å². The van der Waals surface area contributed by atoms with E-state index in [-0.39, 0.29) is 22.7 Å². The lowest BCUT2D eigenvalue weighted by molar-refractivity contribution is 0.0913. The lowest BCUT2D eigenvalue weighted by Crippen LogP contribution is -2.38. The molecule has 8 heteroatoms. The number of benzene rings is 1. The lowest BCUT2D eigenvalue weighted by Gasteiger charge is -2.22. The second kappa shape index (κ2) is 7.03. The van der Waals surface area contributed by atoms with Crippen LogP contribution in [0.3, 0.4) is 0 Å². The highest BCUT2D eigenvalue weighted by molar-refractivity contribution is 7.22. The highest BCUT2D eigenvalue weighted by atomic mass is 35.5. The van der Waals surface area contributed by atoms with Crippen molar-refractivity contribution < 1.29 is 9.53 Å². The first-order chi connectivity index (χ1) is 12.2. The summed E-state index contributed by atoms with van der Waals surface area (Å²) >= 11 is 7.59. The number of carbonyl (C=O) groups excluding carboxylic acids is 1. The summed E-state index contributed by atoms with van der Waals surface area (Å²) in [6.45, 7) is 1.15. The van der Waals surface area contributed by atoms with E-state index < -0.39 is 0 Å². The molecule has 1 aliphatic heterocycles. The molecule has 0 saturated carbocycles. The molecule has 0 radical (unpaired) electrons. The van der Waals surface area contributed by atoms with Gasteiger partial charge in [0.1, 0.15) is 6.33 Å². The van der Waals surface area contributed by atoms with Gasteiger partial charge in [-0.05, 0) is 25.0 Å². The Labute approximate surface area is 153 Å². The summed E-state index contributed by atoms with van der Waals surface area (Å²) in [5.41, 5.74) is 1.04. The van der Waals surface area contributed by atoms with Gasteiger partial charge in [0.2, 0.25) is 0 Å². The number of hydrogen-bond donors (Lipinski definition) is 0. The van der Waals surface area contributed by atoms with Crippen LogP contribution >= 0.6 is 22.9 Å². The number of nitrogens with zero attached hydrogens (tertiary/aromatic N) is 4. The number of fused-ring (bicyclic) bond motifs is 1. The minimum absolute atomic E-state index is 0.00317. The van der Waals surface area contributed by atoms with Crippen LogP contribution < -0.4 is 4.90 Å². The number of aromatic nitrogens is 3. The van der Waals surface area contributed by atoms with Crippen LogP contribution in [0.25, 0.3) is 10.2 Å². The molecule has 1 amide bonds. The fraction of sp³-hybridized carbons (Fsp3) is 0.294. The van der Waals surface area contributed by atoms with Crippen LogP contribution in [0.5, 0.6) is 0 Å². The monoisotopic (exact) mass is 374 g/mol. The second-order valence-electron chi connectivity index (χ2n) is 5.73. The van der Waals surface area contributed by atoms with Crippen molar-refractivity contribution in [2.75, 3.05) is 18.1 Å². The molecule has 0 aliphatic carbocycles. The summed E-state index contributed by atoms with van der Waals surface area (Å²) in [6.07, 6.45) is 4.66. The largest absolute Gasteiger partial charge is 0.376 e. The quantitative estimate of drug-likeness (QED) is 0.698. The predicted molar refractivity (Wildman–Crippen MR) is 97.3 cm³/mol. The third kappa shape index (κ3) is 3.35. The van der Waals surface area contributed by atoms with Crippen LogP contribution in [0.4, 0.5) is 5.13 Å². The molecule has 0 bridgehead atoms. The molecule has 0 N–H and O–H groups in total. The molecule has 1 fully saturated rings. The molecular formula is C17H15ClN4O2S. The van der Waals surface area contributed by atoms with Gasteiger partial charge in [0, 0.05) is 12.8 Å². The Morgan fingerprint density at radius 3 is 3.04 bits per heavy atom. The Bertz CT molecular complexity index is 877. The lowest BCUT2D eigenvalue weighted by atomic mass is 10.2. The van der Waals surface area contributed by atoms with Gasteiger partial charge >= 0.3 is 0 Å². The fourth-order valence-electron chi connectivity index (χ4n) is 2.81. The summed E-state index contributed by atoms with van der Waals surface area (Å²) in [6, 6.07) is 7.81. The Morgan fingerprint density at radius 1 is 1.40 bits per heavy atom. The van der Waals surface area contributed by atoms with Gasteiger partial charge in [0.05, 0.1) is 27.9 Å². The van der Waals surface area contributed by atoms with Crippen molar-refractivity contribution in [3.8, 4) is 0 Å². The zero-order valence-corrected chi connectivity index (χ0v) is 14.8. The number of rotatable bonds is 4. The van der Waals surface area contributed by atoms with E-state index in [2.05, 4.69) is 15.0 Å². The van der Waals surface area contributed by atoms with Crippen molar-refractivity contribution in [2.24, 2.45) is 0 Å². The van der Waals surface area contributed by atoms with Crippen molar-refractivity contribution >= 4 is 44.2 Å². The predicted octanol–water partition coefficient (Wildman–Crippen LogP) is 3.57. The van der Waals surface area contributed by atoms with E-state index >= 15 is 0 Å². The van der Waals surface area contributed by atoms with E-state index in [0.29, 0.717) is 11.7 Å². The van der Waals surface area contributed by atoms with Gasteiger partial charge in [-0.25, -0.2) is 15.0 Å². The van der Waals surface area contributed by atoms with E-state index in [1.165, 1.54) is 23.9 Å². The third-order valence-corrected chi connectivity index (χ3v) is 5.38. The van der Waals surface area contributed by atoms with Crippen LogP contribution in [0.1, 0.15) is 23.3 Å². The van der Waals surface area contributed by atoms with Crippen molar-refractivity contribution in [2.45, 2.75) is 18.9 Å². The summed E-state index contributed by atoms with van der Waals surface area (Å²) in [5.74, 6) is -0.290. The molecule has 1 unspecified atom stereocenters. The molecule has 3 heterocycles. The van der Waals surface area contributed by atoms with Crippen LogP contribution in [0.2, 0.25) is 5.02 Å². The second-order valence-corrected chi connectivity index (χ2v) is 7.15. The average molecular weight is 375 g/mol. The number of halogens is 1. The highest BCUT2D eigenvalue weighted by Gasteiger charge is 2.28. The number of anilines is 1. The van der Waals surface area contributed by atoms with Gasteiger partial charge in [0.25, 0.3) is 5.91 Å². The van der Waals surface area contributed by atoms with E-state index in [1.54, 1.807) is 4.90 Å². The maximum Gasteiger partial charge on any atom is 0.280 e. The van der Waals surface area contributed by atoms with Gasteiger partial charge in [-0.2, -0.15) is 0 Å². The molecule has 4 rings (SSSR count). The van der Waals surface area contributed by atoms with Crippen molar-refractivity contribution in [3.63, 3.8) is 0 Å². The van der Waals surface area contributed by atoms with Crippen LogP contribution in [0, 0.1) is 0 Å². The molecule has 128 valence electrons. The zero-order valence-electron chi connectivity index (χ0n) is 13.3. The Hall–Kier alpha value is -2.09. The number of carbonyl (C=O) groups is 1. The molecule has 1 atom stereocenters. The number of para-hydroxylation sites is 1. The minimum Gasteiger partial charge on any atom is -0.376 e. The summed E-state index contributed by atoms with van der Waals surface area (Å²) < 4.78 is 6.74. The van der Waals surface area contributed by atoms with Gasteiger partial charge in [-0.15, -0.1) is 0 Å². The van der Waals surface area contributed by atoms with Crippen LogP contribution in [0.15, 0.2) is 36.8 Å². The normalized spacial score (nSPS) is 17.1. The van der Waals surface area contributed by atoms with Crippen molar-refractivity contribution in [3.05, 3.63) is 47.5 Å². The third-order valence-electron chi connectivity index (χ3n) is 4.04. The first kappa shape index (κ1) is 16.4. The molecular weight excluding hydrogens is 360 g/mol. The van der Waals surface area contributed by atoms with Crippen molar-refractivity contribution in [1.29, 1.82) is 0 Å². The molecule has 1 saturated heterocycles. The number of hydrogen-bond acceptors (Lipinski definition) is 6. The summed E-state index contributed by atoms with van der Waals surface area (Å²) in [5, 5.41) is 0.849. The Kier molecular flexibility index (Phi) is 4.61. The summed E-state index contributed by atoms with van der Waals surface area (Å²) in [7, 11) is 0. The first-order valence-electron chi connectivity index (χ1n) is 7.97. The van der Waals surface area contributed by atoms with E-state index in [0.717, 1.165) is 29.7 Å². The topological polar surface area (TPSA) is 68.2 Å². The molecule has 6 nitrogen and oxygen atoms in total.